The van der Waals surface area contributed by atoms with E-state index in [2.05, 4.69) is 20.2 Å². The van der Waals surface area contributed by atoms with Crippen LogP contribution in [-0.2, 0) is 49.9 Å². The lowest BCUT2D eigenvalue weighted by atomic mass is 10.2. The van der Waals surface area contributed by atoms with Crippen LogP contribution in [0.4, 0.5) is 29.2 Å². The molecular weight excluding hydrogens is 800 g/mol. The van der Waals surface area contributed by atoms with Gasteiger partial charge in [0, 0.05) is 39.3 Å². The number of aromatic nitrogens is 8. The lowest BCUT2D eigenvalue weighted by Gasteiger charge is -2.15. The number of anilines is 2. The summed E-state index contributed by atoms with van der Waals surface area (Å²) in [6, 6.07) is 7.70. The van der Waals surface area contributed by atoms with Crippen LogP contribution in [0, 0.1) is 23.3 Å². The molecule has 4 aliphatic rings. The second-order valence-electron chi connectivity index (χ2n) is 14.0. The van der Waals surface area contributed by atoms with Crippen LogP contribution in [0.2, 0.25) is 0 Å². The van der Waals surface area contributed by atoms with Crippen LogP contribution < -0.4 is 40.1 Å². The van der Waals surface area contributed by atoms with Crippen molar-refractivity contribution in [1.29, 1.82) is 0 Å². The van der Waals surface area contributed by atoms with E-state index in [1.807, 2.05) is 9.80 Å². The highest BCUT2D eigenvalue weighted by Crippen LogP contribution is 2.33. The summed E-state index contributed by atoms with van der Waals surface area (Å²) in [4.78, 5) is 36.2. The zero-order valence-corrected chi connectivity index (χ0v) is 31.8. The molecule has 2 aromatic carbocycles. The summed E-state index contributed by atoms with van der Waals surface area (Å²) >= 11 is 0. The van der Waals surface area contributed by atoms with Crippen molar-refractivity contribution in [2.75, 3.05) is 36.1 Å². The van der Waals surface area contributed by atoms with Gasteiger partial charge in [-0.3, -0.25) is 18.5 Å². The van der Waals surface area contributed by atoms with Gasteiger partial charge in [-0.15, -0.1) is 0 Å². The van der Waals surface area contributed by atoms with Crippen LogP contribution in [0.25, 0.3) is 0 Å². The molecule has 0 spiro atoms. The van der Waals surface area contributed by atoms with E-state index in [1.54, 1.807) is 26.2 Å². The van der Waals surface area contributed by atoms with Crippen LogP contribution in [0.1, 0.15) is 11.1 Å². The van der Waals surface area contributed by atoms with Gasteiger partial charge in [0.05, 0.1) is 51.1 Å². The molecule has 10 rings (SSSR count). The maximum absolute atomic E-state index is 14.4. The van der Waals surface area contributed by atoms with E-state index in [0.717, 1.165) is 24.3 Å². The SMILES string of the molecule is Cn1cc(Oc2c(F)cc(COc3cc4n(c(=O)n3)CC3OCCN43)cc2F)cn1.Cn1cc(Oc2c(F)cc(COc3cc4n(c(=O)n3)CC3OCCN43)cc2F)cn1. The van der Waals surface area contributed by atoms with Gasteiger partial charge in [0.1, 0.15) is 37.3 Å². The molecule has 22 heteroatoms. The normalized spacial score (nSPS) is 17.2. The molecule has 60 heavy (non-hydrogen) atoms. The van der Waals surface area contributed by atoms with Gasteiger partial charge < -0.3 is 38.2 Å². The highest BCUT2D eigenvalue weighted by Gasteiger charge is 2.37. The molecule has 0 radical (unpaired) electrons. The zero-order valence-electron chi connectivity index (χ0n) is 31.8. The van der Waals surface area contributed by atoms with Crippen molar-refractivity contribution in [3.8, 4) is 34.8 Å². The molecule has 0 N–H and O–H groups in total. The minimum atomic E-state index is -0.878. The molecule has 2 atom stereocenters. The third-order valence-electron chi connectivity index (χ3n) is 9.87. The molecule has 6 aromatic rings. The number of fused-ring (bicyclic) bond motifs is 6. The van der Waals surface area contributed by atoms with Crippen molar-refractivity contribution in [3.63, 3.8) is 0 Å². The molecule has 4 aliphatic heterocycles. The largest absolute Gasteiger partial charge is 0.473 e. The van der Waals surface area contributed by atoms with Gasteiger partial charge in [-0.25, -0.2) is 27.2 Å². The summed E-state index contributed by atoms with van der Waals surface area (Å²) in [5, 5.41) is 7.77. The molecule has 18 nitrogen and oxygen atoms in total. The topological polar surface area (TPSA) is 167 Å². The number of nitrogens with zero attached hydrogens (tertiary/aromatic N) is 10. The van der Waals surface area contributed by atoms with Gasteiger partial charge in [-0.1, -0.05) is 0 Å². The summed E-state index contributed by atoms with van der Waals surface area (Å²) in [7, 11) is 3.32. The average Bonchev–Trinajstić information content (AvgIpc) is 4.07. The first kappa shape index (κ1) is 38.6. The van der Waals surface area contributed by atoms with E-state index in [-0.39, 0.29) is 60.1 Å². The van der Waals surface area contributed by atoms with E-state index in [4.69, 9.17) is 28.4 Å². The van der Waals surface area contributed by atoms with Gasteiger partial charge in [0.2, 0.25) is 11.8 Å². The average molecular weight is 835 g/mol. The van der Waals surface area contributed by atoms with E-state index >= 15 is 0 Å². The number of hydrogen-bond donors (Lipinski definition) is 0. The minimum Gasteiger partial charge on any atom is -0.473 e. The van der Waals surface area contributed by atoms with E-state index in [0.29, 0.717) is 51.0 Å². The molecule has 2 unspecified atom stereocenters. The first-order valence-electron chi connectivity index (χ1n) is 18.5. The predicted molar refractivity (Wildman–Crippen MR) is 199 cm³/mol. The van der Waals surface area contributed by atoms with Gasteiger partial charge in [0.25, 0.3) is 0 Å². The van der Waals surface area contributed by atoms with Crippen molar-refractivity contribution < 1.29 is 46.0 Å². The zero-order chi connectivity index (χ0) is 41.7. The molecule has 0 amide bonds. The van der Waals surface area contributed by atoms with Crippen LogP contribution in [0.3, 0.4) is 0 Å². The Balaban J connectivity index is 0.000000154. The molecule has 0 aliphatic carbocycles. The minimum absolute atomic E-state index is 0.0790. The number of ether oxygens (including phenoxy) is 6. The Kier molecular flexibility index (Phi) is 10.1. The van der Waals surface area contributed by atoms with Crippen LogP contribution >= 0.6 is 0 Å². The molecule has 4 aromatic heterocycles. The van der Waals surface area contributed by atoms with Gasteiger partial charge in [-0.05, 0) is 35.4 Å². The maximum atomic E-state index is 14.4. The summed E-state index contributed by atoms with van der Waals surface area (Å²) in [5.74, 6) is -2.67. The molecule has 8 heterocycles. The van der Waals surface area contributed by atoms with Crippen molar-refractivity contribution in [1.82, 2.24) is 38.7 Å². The van der Waals surface area contributed by atoms with Crippen LogP contribution in [0.5, 0.6) is 34.8 Å². The molecular formula is C38H34F4N10O8. The van der Waals surface area contributed by atoms with Crippen LogP contribution in [0.15, 0.2) is 70.8 Å². The molecule has 0 saturated carbocycles. The number of rotatable bonds is 10. The molecule has 2 saturated heterocycles. The fourth-order valence-corrected chi connectivity index (χ4v) is 7.13. The summed E-state index contributed by atoms with van der Waals surface area (Å²) in [6.45, 7) is 3.00. The Morgan fingerprint density at radius 3 is 1.40 bits per heavy atom. The smallest absolute Gasteiger partial charge is 0.352 e. The third-order valence-corrected chi connectivity index (χ3v) is 9.87. The number of benzene rings is 2. The lowest BCUT2D eigenvalue weighted by Crippen LogP contribution is -2.25. The first-order valence-corrected chi connectivity index (χ1v) is 18.5. The fourth-order valence-electron chi connectivity index (χ4n) is 7.13. The number of aryl methyl sites for hydroxylation is 2. The summed E-state index contributed by atoms with van der Waals surface area (Å²) in [5.41, 5.74) is -0.460. The summed E-state index contributed by atoms with van der Waals surface area (Å²) in [6.07, 6.45) is 5.33. The van der Waals surface area contributed by atoms with Gasteiger partial charge in [0.15, 0.2) is 46.3 Å². The van der Waals surface area contributed by atoms with Crippen molar-refractivity contribution in [2.24, 2.45) is 14.1 Å². The standard InChI is InChI=1S/2C19H17F2N5O4/c2*1-24-8-12(7-22-24)30-18-13(20)4-11(5-14(18)21)10-29-15-6-16-25-2-3-28-17(25)9-26(16)19(27)23-15/h2*4-8,17H,2-3,9-10H2,1H3. The Labute approximate surface area is 336 Å². The van der Waals surface area contributed by atoms with Crippen molar-refractivity contribution >= 4 is 11.6 Å². The first-order chi connectivity index (χ1) is 28.9. The third kappa shape index (κ3) is 7.68. The fraction of sp³-hybridized carbons (Fsp3) is 0.316. The summed E-state index contributed by atoms with van der Waals surface area (Å²) < 4.78 is 96.1. The Morgan fingerprint density at radius 2 is 1.03 bits per heavy atom. The number of halogens is 4. The molecule has 312 valence electrons. The lowest BCUT2D eigenvalue weighted by molar-refractivity contribution is 0.108. The van der Waals surface area contributed by atoms with E-state index in [1.165, 1.54) is 43.3 Å². The Bertz CT molecular complexity index is 2490. The molecule has 0 bridgehead atoms. The predicted octanol–water partition coefficient (Wildman–Crippen LogP) is 3.61. The molecule has 2 fully saturated rings. The maximum Gasteiger partial charge on any atom is 0.352 e. The Hall–Kier alpha value is -6.94. The highest BCUT2D eigenvalue weighted by atomic mass is 19.1. The van der Waals surface area contributed by atoms with E-state index in [9.17, 15) is 27.2 Å². The van der Waals surface area contributed by atoms with Crippen LogP contribution in [-0.4, -0.2) is 77.4 Å². The number of hydrogen-bond acceptors (Lipinski definition) is 14. The second kappa shape index (κ2) is 15.7. The van der Waals surface area contributed by atoms with Gasteiger partial charge >= 0.3 is 11.4 Å². The van der Waals surface area contributed by atoms with Crippen molar-refractivity contribution in [2.45, 2.75) is 38.8 Å². The monoisotopic (exact) mass is 834 g/mol. The van der Waals surface area contributed by atoms with Crippen molar-refractivity contribution in [3.05, 3.63) is 117 Å². The highest BCUT2D eigenvalue weighted by molar-refractivity contribution is 5.48. The quantitative estimate of drug-likeness (QED) is 0.184. The van der Waals surface area contributed by atoms with E-state index < -0.39 is 46.1 Å². The van der Waals surface area contributed by atoms with Gasteiger partial charge in [-0.2, -0.15) is 20.2 Å². The second-order valence-corrected chi connectivity index (χ2v) is 14.0. The Morgan fingerprint density at radius 1 is 0.633 bits per heavy atom.